The fourth-order valence-corrected chi connectivity index (χ4v) is 3.79. The van der Waals surface area contributed by atoms with Gasteiger partial charge in [-0.15, -0.1) is 5.11 Å². The highest BCUT2D eigenvalue weighted by atomic mass is 32.2. The van der Waals surface area contributed by atoms with Crippen LogP contribution in [0, 0.1) is 0 Å². The number of phenolic OH excluding ortho intramolecular Hbond substituents is 1. The second-order valence-corrected chi connectivity index (χ2v) is 8.25. The minimum Gasteiger partial charge on any atom is -0.506 e. The average molecular weight is 408 g/mol. The van der Waals surface area contributed by atoms with Crippen molar-refractivity contribution in [2.24, 2.45) is 10.2 Å². The van der Waals surface area contributed by atoms with E-state index in [0.29, 0.717) is 11.8 Å². The van der Waals surface area contributed by atoms with Gasteiger partial charge in [0.1, 0.15) is 16.3 Å². The Kier molecular flexibility index (Phi) is 4.70. The molecule has 0 aliphatic carbocycles. The highest BCUT2D eigenvalue weighted by Crippen LogP contribution is 2.40. The number of hydrogen-bond donors (Lipinski definition) is 3. The van der Waals surface area contributed by atoms with E-state index in [0.717, 1.165) is 12.1 Å². The maximum absolute atomic E-state index is 11.8. The van der Waals surface area contributed by atoms with Gasteiger partial charge < -0.3 is 5.11 Å². The van der Waals surface area contributed by atoms with Crippen LogP contribution in [0.4, 0.5) is 11.4 Å². The highest BCUT2D eigenvalue weighted by molar-refractivity contribution is 7.86. The molecular weight excluding hydrogens is 396 g/mol. The lowest BCUT2D eigenvalue weighted by Gasteiger charge is -2.10. The molecule has 3 N–H and O–H groups in total. The van der Waals surface area contributed by atoms with Gasteiger partial charge in [-0.05, 0) is 35.7 Å². The van der Waals surface area contributed by atoms with Crippen LogP contribution in [-0.4, -0.2) is 31.0 Å². The number of phenols is 1. The van der Waals surface area contributed by atoms with E-state index in [1.165, 1.54) is 6.07 Å². The molecule has 3 aromatic rings. The van der Waals surface area contributed by atoms with Crippen LogP contribution in [0.3, 0.4) is 0 Å². The summed E-state index contributed by atoms with van der Waals surface area (Å²) in [6.07, 6.45) is 0. The Morgan fingerprint density at radius 3 is 2.04 bits per heavy atom. The summed E-state index contributed by atoms with van der Waals surface area (Å²) in [6.45, 7) is 0. The fraction of sp³-hybridized carbons (Fsp3) is 0. The van der Waals surface area contributed by atoms with Crippen LogP contribution in [-0.2, 0) is 20.2 Å². The number of azo groups is 1. The average Bonchev–Trinajstić information content (AvgIpc) is 2.59. The highest BCUT2D eigenvalue weighted by Gasteiger charge is 2.23. The summed E-state index contributed by atoms with van der Waals surface area (Å²) in [5, 5.41) is 17.6. The largest absolute Gasteiger partial charge is 0.506 e. The van der Waals surface area contributed by atoms with E-state index in [-0.39, 0.29) is 16.5 Å². The van der Waals surface area contributed by atoms with Gasteiger partial charge in [-0.2, -0.15) is 21.9 Å². The Balaban J connectivity index is 2.38. The van der Waals surface area contributed by atoms with E-state index in [9.17, 15) is 31.0 Å². The Labute approximate surface area is 154 Å². The third-order valence-electron chi connectivity index (χ3n) is 3.60. The third-order valence-corrected chi connectivity index (χ3v) is 5.31. The summed E-state index contributed by atoms with van der Waals surface area (Å²) < 4.78 is 65.1. The summed E-state index contributed by atoms with van der Waals surface area (Å²) in [4.78, 5) is -1.58. The van der Waals surface area contributed by atoms with Crippen LogP contribution in [0.5, 0.6) is 5.75 Å². The Morgan fingerprint density at radius 1 is 0.778 bits per heavy atom. The SMILES string of the molecule is O=S(=O)(O)c1cc(S(=O)(=O)O)c2c(/N=N/c3ccccc3)c(O)ccc2c1. The molecule has 3 rings (SSSR count). The summed E-state index contributed by atoms with van der Waals surface area (Å²) in [6, 6.07) is 12.3. The topological polar surface area (TPSA) is 154 Å². The molecule has 0 spiro atoms. The second kappa shape index (κ2) is 6.70. The van der Waals surface area contributed by atoms with E-state index >= 15 is 0 Å². The van der Waals surface area contributed by atoms with Gasteiger partial charge in [-0.3, -0.25) is 9.11 Å². The zero-order chi connectivity index (χ0) is 19.8. The maximum Gasteiger partial charge on any atom is 0.295 e. The van der Waals surface area contributed by atoms with E-state index in [1.807, 2.05) is 0 Å². The Hall–Kier alpha value is -2.86. The molecule has 0 unspecified atom stereocenters. The second-order valence-electron chi connectivity index (χ2n) is 5.44. The molecule has 27 heavy (non-hydrogen) atoms. The zero-order valence-electron chi connectivity index (χ0n) is 13.4. The normalized spacial score (nSPS) is 12.7. The predicted molar refractivity (Wildman–Crippen MR) is 95.9 cm³/mol. The van der Waals surface area contributed by atoms with Crippen LogP contribution in [0.15, 0.2) is 74.6 Å². The molecular formula is C16H12N2O7S2. The lowest BCUT2D eigenvalue weighted by atomic mass is 10.1. The molecule has 0 saturated carbocycles. The molecule has 0 radical (unpaired) electrons. The molecule has 140 valence electrons. The van der Waals surface area contributed by atoms with Gasteiger partial charge >= 0.3 is 0 Å². The summed E-state index contributed by atoms with van der Waals surface area (Å²) in [5.41, 5.74) is 0.128. The van der Waals surface area contributed by atoms with Crippen LogP contribution < -0.4 is 0 Å². The van der Waals surface area contributed by atoms with Gasteiger partial charge in [0.15, 0.2) is 0 Å². The number of aromatic hydroxyl groups is 1. The molecule has 9 nitrogen and oxygen atoms in total. The van der Waals surface area contributed by atoms with Gasteiger partial charge in [0, 0.05) is 5.39 Å². The van der Waals surface area contributed by atoms with Crippen LogP contribution in [0.1, 0.15) is 0 Å². The molecule has 3 aromatic carbocycles. The van der Waals surface area contributed by atoms with Gasteiger partial charge in [0.05, 0.1) is 10.6 Å². The van der Waals surface area contributed by atoms with Crippen molar-refractivity contribution >= 4 is 42.4 Å². The molecule has 0 aromatic heterocycles. The van der Waals surface area contributed by atoms with E-state index < -0.39 is 35.8 Å². The zero-order valence-corrected chi connectivity index (χ0v) is 15.0. The third kappa shape index (κ3) is 3.95. The Bertz CT molecular complexity index is 1270. The van der Waals surface area contributed by atoms with E-state index in [2.05, 4.69) is 10.2 Å². The van der Waals surface area contributed by atoms with Gasteiger partial charge in [-0.1, -0.05) is 24.3 Å². The first-order valence-corrected chi connectivity index (χ1v) is 10.2. The molecule has 0 bridgehead atoms. The standard InChI is InChI=1S/C16H12N2O7S2/c19-13-7-6-10-8-12(26(20,21)22)9-14(27(23,24)25)15(10)16(13)18-17-11-4-2-1-3-5-11/h1-9,19H,(H,20,21,22)(H,23,24,25)/b18-17+. The smallest absolute Gasteiger partial charge is 0.295 e. The van der Waals surface area contributed by atoms with Crippen molar-refractivity contribution in [2.75, 3.05) is 0 Å². The monoisotopic (exact) mass is 408 g/mol. The maximum atomic E-state index is 11.8. The summed E-state index contributed by atoms with van der Waals surface area (Å²) in [5.74, 6) is -0.438. The number of benzene rings is 3. The van der Waals surface area contributed by atoms with Crippen molar-refractivity contribution in [1.29, 1.82) is 0 Å². The summed E-state index contributed by atoms with van der Waals surface area (Å²) >= 11 is 0. The molecule has 0 fully saturated rings. The molecule has 0 aliphatic heterocycles. The van der Waals surface area contributed by atoms with Gasteiger partial charge in [0.2, 0.25) is 0 Å². The van der Waals surface area contributed by atoms with Gasteiger partial charge in [-0.25, -0.2) is 0 Å². The quantitative estimate of drug-likeness (QED) is 0.441. The number of fused-ring (bicyclic) bond motifs is 1. The van der Waals surface area contributed by atoms with E-state index in [4.69, 9.17) is 0 Å². The van der Waals surface area contributed by atoms with Crippen molar-refractivity contribution in [3.63, 3.8) is 0 Å². The fourth-order valence-electron chi connectivity index (χ4n) is 2.43. The van der Waals surface area contributed by atoms with Crippen LogP contribution >= 0.6 is 0 Å². The first-order valence-electron chi connectivity index (χ1n) is 7.29. The van der Waals surface area contributed by atoms with E-state index in [1.54, 1.807) is 30.3 Å². The lowest BCUT2D eigenvalue weighted by Crippen LogP contribution is -2.04. The van der Waals surface area contributed by atoms with Crippen molar-refractivity contribution in [2.45, 2.75) is 9.79 Å². The number of hydrogen-bond acceptors (Lipinski definition) is 7. The first-order chi connectivity index (χ1) is 12.6. The van der Waals surface area contributed by atoms with Gasteiger partial charge in [0.25, 0.3) is 20.2 Å². The summed E-state index contributed by atoms with van der Waals surface area (Å²) in [7, 11) is -9.67. The Morgan fingerprint density at radius 2 is 1.44 bits per heavy atom. The number of rotatable bonds is 4. The van der Waals surface area contributed by atoms with Crippen molar-refractivity contribution in [1.82, 2.24) is 0 Å². The first kappa shape index (κ1) is 18.9. The molecule has 0 aliphatic rings. The van der Waals surface area contributed by atoms with Crippen molar-refractivity contribution in [3.8, 4) is 5.75 Å². The minimum atomic E-state index is -4.92. The van der Waals surface area contributed by atoms with Crippen LogP contribution in [0.2, 0.25) is 0 Å². The van der Waals surface area contributed by atoms with Crippen molar-refractivity contribution < 1.29 is 31.0 Å². The predicted octanol–water partition coefficient (Wildman–Crippen LogP) is 3.45. The molecule has 11 heteroatoms. The molecule has 0 heterocycles. The molecule has 0 atom stereocenters. The number of nitrogens with zero attached hydrogens (tertiary/aromatic N) is 2. The molecule has 0 amide bonds. The van der Waals surface area contributed by atoms with Crippen LogP contribution in [0.25, 0.3) is 10.8 Å². The minimum absolute atomic E-state index is 0.00226. The molecule has 0 saturated heterocycles. The lowest BCUT2D eigenvalue weighted by molar-refractivity contribution is 0.477. The van der Waals surface area contributed by atoms with Crippen molar-refractivity contribution in [3.05, 3.63) is 54.6 Å².